The molecule has 1 rings (SSSR count). The first kappa shape index (κ1) is 11.8. The lowest BCUT2D eigenvalue weighted by Crippen LogP contribution is -2.25. The number of hydrogen-bond donors (Lipinski definition) is 0. The van der Waals surface area contributed by atoms with Crippen LogP contribution in [-0.4, -0.2) is 15.9 Å². The Hall–Kier alpha value is -0.283. The van der Waals surface area contributed by atoms with Crippen molar-refractivity contribution in [2.45, 2.75) is 46.1 Å². The molecule has 0 bridgehead atoms. The van der Waals surface area contributed by atoms with Gasteiger partial charge in [0, 0.05) is 12.1 Å². The van der Waals surface area contributed by atoms with Crippen LogP contribution >= 0.6 is 0 Å². The van der Waals surface area contributed by atoms with E-state index >= 15 is 0 Å². The van der Waals surface area contributed by atoms with Gasteiger partial charge in [-0.15, -0.1) is 0 Å². The highest BCUT2D eigenvalue weighted by atomic mass is 28.3. The minimum atomic E-state index is -1.46. The summed E-state index contributed by atoms with van der Waals surface area (Å²) >= 11 is 0. The molecule has 14 heavy (non-hydrogen) atoms. The lowest BCUT2D eigenvalue weighted by molar-refractivity contribution is 0.239. The molecule has 0 saturated heterocycles. The van der Waals surface area contributed by atoms with E-state index in [9.17, 15) is 0 Å². The molecular weight excluding hydrogens is 192 g/mol. The van der Waals surface area contributed by atoms with E-state index in [2.05, 4.69) is 26.8 Å². The quantitative estimate of drug-likeness (QED) is 0.500. The topological polar surface area (TPSA) is 18.5 Å². The van der Waals surface area contributed by atoms with E-state index in [1.807, 2.05) is 6.92 Å². The normalized spacial score (nSPS) is 19.9. The maximum Gasteiger partial charge on any atom is 0.384 e. The minimum Gasteiger partial charge on any atom is -0.526 e. The molecule has 1 fully saturated rings. The summed E-state index contributed by atoms with van der Waals surface area (Å²) < 4.78 is 11.5. The summed E-state index contributed by atoms with van der Waals surface area (Å²) in [6.45, 7) is 9.21. The number of hydrogen-bond acceptors (Lipinski definition) is 2. The molecule has 1 aliphatic rings. The minimum absolute atomic E-state index is 0.539. The number of rotatable bonds is 6. The Bertz CT molecular complexity index is 197. The fraction of sp³-hybridized carbons (Fsp3) is 0.818. The van der Waals surface area contributed by atoms with Gasteiger partial charge in [0.1, 0.15) is 0 Å². The molecule has 1 unspecified atom stereocenters. The van der Waals surface area contributed by atoms with Gasteiger partial charge >= 0.3 is 9.28 Å². The Morgan fingerprint density at radius 2 is 2.14 bits per heavy atom. The first-order valence-corrected chi connectivity index (χ1v) is 7.21. The summed E-state index contributed by atoms with van der Waals surface area (Å²) in [6, 6.07) is 0. The van der Waals surface area contributed by atoms with Crippen LogP contribution in [0.1, 0.15) is 40.5 Å². The smallest absolute Gasteiger partial charge is 0.384 e. The molecule has 2 nitrogen and oxygen atoms in total. The van der Waals surface area contributed by atoms with Crippen LogP contribution in [0.25, 0.3) is 0 Å². The Morgan fingerprint density at radius 1 is 1.50 bits per heavy atom. The van der Waals surface area contributed by atoms with Crippen molar-refractivity contribution in [1.29, 1.82) is 0 Å². The van der Waals surface area contributed by atoms with Crippen molar-refractivity contribution in [2.75, 3.05) is 6.61 Å². The third-order valence-corrected chi connectivity index (χ3v) is 4.62. The largest absolute Gasteiger partial charge is 0.526 e. The average Bonchev–Trinajstić information content (AvgIpc) is 2.87. The van der Waals surface area contributed by atoms with Gasteiger partial charge in [-0.1, -0.05) is 13.8 Å². The molecule has 0 aromatic heterocycles. The fourth-order valence-corrected chi connectivity index (χ4v) is 2.84. The molecule has 0 radical (unpaired) electrons. The van der Waals surface area contributed by atoms with Crippen LogP contribution < -0.4 is 0 Å². The molecule has 0 amide bonds. The van der Waals surface area contributed by atoms with E-state index in [0.29, 0.717) is 5.54 Å². The molecule has 0 N–H and O–H groups in total. The maximum atomic E-state index is 5.88. The molecule has 0 heterocycles. The highest BCUT2D eigenvalue weighted by Gasteiger charge is 2.22. The molecular formula is C11H22O2Si. The van der Waals surface area contributed by atoms with Crippen LogP contribution in [0.4, 0.5) is 0 Å². The van der Waals surface area contributed by atoms with Crippen molar-refractivity contribution in [3.8, 4) is 0 Å². The Kier molecular flexibility index (Phi) is 4.68. The van der Waals surface area contributed by atoms with Crippen molar-refractivity contribution >= 4 is 9.28 Å². The summed E-state index contributed by atoms with van der Waals surface area (Å²) in [5.74, 6) is 1.87. The maximum absolute atomic E-state index is 5.88. The lowest BCUT2D eigenvalue weighted by Gasteiger charge is -2.20. The molecule has 0 aromatic rings. The average molecular weight is 214 g/mol. The highest BCUT2D eigenvalue weighted by Crippen LogP contribution is 2.31. The Balaban J connectivity index is 2.36. The lowest BCUT2D eigenvalue weighted by atomic mass is 10.3. The van der Waals surface area contributed by atoms with Crippen LogP contribution in [0.15, 0.2) is 11.8 Å². The summed E-state index contributed by atoms with van der Waals surface area (Å²) in [7, 11) is -1.46. The first-order chi connectivity index (χ1) is 6.63. The van der Waals surface area contributed by atoms with Crippen molar-refractivity contribution in [3.05, 3.63) is 11.8 Å². The van der Waals surface area contributed by atoms with Crippen molar-refractivity contribution < 1.29 is 8.85 Å². The van der Waals surface area contributed by atoms with Crippen LogP contribution in [0.3, 0.4) is 0 Å². The van der Waals surface area contributed by atoms with Crippen molar-refractivity contribution in [3.63, 3.8) is 0 Å². The molecule has 3 heteroatoms. The van der Waals surface area contributed by atoms with Gasteiger partial charge in [-0.25, -0.2) is 0 Å². The van der Waals surface area contributed by atoms with Gasteiger partial charge < -0.3 is 8.85 Å². The molecule has 82 valence electrons. The fourth-order valence-electron chi connectivity index (χ4n) is 1.34. The number of allylic oxidation sites excluding steroid dienone is 2. The van der Waals surface area contributed by atoms with E-state index in [1.165, 1.54) is 12.8 Å². The standard InChI is InChI=1S/C11H22O2Si/c1-5-12-14(9(2)3)13-10(4)8-11-6-7-11/h8-9,11,14H,5-7H2,1-4H3. The van der Waals surface area contributed by atoms with Crippen LogP contribution in [0, 0.1) is 5.92 Å². The van der Waals surface area contributed by atoms with E-state index < -0.39 is 9.28 Å². The molecule has 1 atom stereocenters. The van der Waals surface area contributed by atoms with E-state index in [4.69, 9.17) is 8.85 Å². The second-order valence-corrected chi connectivity index (χ2v) is 6.94. The predicted molar refractivity (Wildman–Crippen MR) is 61.4 cm³/mol. The van der Waals surface area contributed by atoms with Crippen molar-refractivity contribution in [1.82, 2.24) is 0 Å². The zero-order valence-electron chi connectivity index (χ0n) is 9.75. The Morgan fingerprint density at radius 3 is 2.57 bits per heavy atom. The SMILES string of the molecule is CCO[SiH](OC(C)=CC1CC1)C(C)C. The second-order valence-electron chi connectivity index (χ2n) is 4.30. The van der Waals surface area contributed by atoms with E-state index in [1.54, 1.807) is 0 Å². The van der Waals surface area contributed by atoms with E-state index in [0.717, 1.165) is 18.3 Å². The summed E-state index contributed by atoms with van der Waals surface area (Å²) in [5, 5.41) is 0. The van der Waals surface area contributed by atoms with Gasteiger partial charge in [0.05, 0.1) is 5.76 Å². The zero-order valence-corrected chi connectivity index (χ0v) is 10.9. The molecule has 1 aliphatic carbocycles. The van der Waals surface area contributed by atoms with Crippen LogP contribution in [0.5, 0.6) is 0 Å². The first-order valence-electron chi connectivity index (χ1n) is 5.60. The zero-order chi connectivity index (χ0) is 10.6. The van der Waals surface area contributed by atoms with Gasteiger partial charge in [0.15, 0.2) is 0 Å². The Labute approximate surface area is 89.1 Å². The van der Waals surface area contributed by atoms with E-state index in [-0.39, 0.29) is 0 Å². The molecule has 0 aliphatic heterocycles. The molecule has 0 aromatic carbocycles. The summed E-state index contributed by atoms with van der Waals surface area (Å²) in [5.41, 5.74) is 0.539. The monoisotopic (exact) mass is 214 g/mol. The van der Waals surface area contributed by atoms with Gasteiger partial charge in [-0.05, 0) is 38.7 Å². The summed E-state index contributed by atoms with van der Waals surface area (Å²) in [4.78, 5) is 0. The third kappa shape index (κ3) is 4.29. The van der Waals surface area contributed by atoms with Crippen molar-refractivity contribution in [2.24, 2.45) is 5.92 Å². The van der Waals surface area contributed by atoms with Crippen LogP contribution in [0.2, 0.25) is 5.54 Å². The van der Waals surface area contributed by atoms with Gasteiger partial charge in [-0.2, -0.15) is 0 Å². The molecule has 0 spiro atoms. The molecule has 1 saturated carbocycles. The van der Waals surface area contributed by atoms with Gasteiger partial charge in [0.25, 0.3) is 0 Å². The van der Waals surface area contributed by atoms with Gasteiger partial charge in [0.2, 0.25) is 0 Å². The van der Waals surface area contributed by atoms with Crippen LogP contribution in [-0.2, 0) is 8.85 Å². The third-order valence-electron chi connectivity index (χ3n) is 2.27. The predicted octanol–water partition coefficient (Wildman–Crippen LogP) is 2.98. The second kappa shape index (κ2) is 5.56. The summed E-state index contributed by atoms with van der Waals surface area (Å²) in [6.07, 6.45) is 4.92. The highest BCUT2D eigenvalue weighted by molar-refractivity contribution is 6.46. The van der Waals surface area contributed by atoms with Gasteiger partial charge in [-0.3, -0.25) is 0 Å².